The number of hydrogen-bond acceptors (Lipinski definition) is 5. The molecule has 0 saturated carbocycles. The third kappa shape index (κ3) is 1.90. The zero-order valence-corrected chi connectivity index (χ0v) is 9.85. The van der Waals surface area contributed by atoms with E-state index in [1.165, 1.54) is 0 Å². The summed E-state index contributed by atoms with van der Waals surface area (Å²) in [6, 6.07) is 6.95. The molecule has 1 aromatic carbocycles. The Morgan fingerprint density at radius 2 is 2.00 bits per heavy atom. The molecule has 0 N–H and O–H groups in total. The van der Waals surface area contributed by atoms with Gasteiger partial charge in [-0.25, -0.2) is 9.59 Å². The first-order chi connectivity index (χ1) is 8.54. The minimum Gasteiger partial charge on any atom is -0.465 e. The largest absolute Gasteiger partial charge is 0.465 e. The normalized spacial score (nSPS) is 14.8. The zero-order chi connectivity index (χ0) is 13.3. The molecule has 0 radical (unpaired) electrons. The molecule has 1 aliphatic rings. The summed E-state index contributed by atoms with van der Waals surface area (Å²) in [5.41, 5.74) is 1.06. The average Bonchev–Trinajstić information content (AvgIpc) is 2.65. The number of aryl methyl sites for hydroxylation is 1. The molecule has 5 heteroatoms. The van der Waals surface area contributed by atoms with Crippen LogP contribution in [0.5, 0.6) is 0 Å². The fourth-order valence-electron chi connectivity index (χ4n) is 1.67. The topological polar surface area (TPSA) is 69.7 Å². The maximum atomic E-state index is 11.5. The Morgan fingerprint density at radius 1 is 1.28 bits per heavy atom. The maximum absolute atomic E-state index is 11.5. The Kier molecular flexibility index (Phi) is 2.97. The lowest BCUT2D eigenvalue weighted by atomic mass is 10.1. The van der Waals surface area contributed by atoms with Gasteiger partial charge in [0.1, 0.15) is 0 Å². The molecule has 2 rings (SSSR count). The van der Waals surface area contributed by atoms with E-state index >= 15 is 0 Å². The van der Waals surface area contributed by atoms with Crippen LogP contribution in [0.1, 0.15) is 11.1 Å². The molecule has 18 heavy (non-hydrogen) atoms. The van der Waals surface area contributed by atoms with Crippen LogP contribution < -0.4 is 0 Å². The highest BCUT2D eigenvalue weighted by Crippen LogP contribution is 2.28. The van der Waals surface area contributed by atoms with Crippen LogP contribution >= 0.6 is 0 Å². The number of hydrogen-bond donors (Lipinski definition) is 0. The molecule has 0 atom stereocenters. The number of esters is 2. The van der Waals surface area contributed by atoms with Crippen LogP contribution in [0.4, 0.5) is 0 Å². The van der Waals surface area contributed by atoms with Gasteiger partial charge in [0.2, 0.25) is 0 Å². The lowest BCUT2D eigenvalue weighted by Gasteiger charge is -2.04. The van der Waals surface area contributed by atoms with Crippen molar-refractivity contribution >= 4 is 23.5 Å². The van der Waals surface area contributed by atoms with E-state index in [1.807, 2.05) is 13.0 Å². The maximum Gasteiger partial charge on any atom is 0.385 e. The minimum absolute atomic E-state index is 0.0412. The van der Waals surface area contributed by atoms with Crippen LogP contribution in [0, 0.1) is 6.92 Å². The molecule has 92 valence electrons. The molecule has 0 aliphatic carbocycles. The molecule has 1 heterocycles. The lowest BCUT2D eigenvalue weighted by molar-refractivity contribution is -0.146. The van der Waals surface area contributed by atoms with E-state index in [1.54, 1.807) is 18.2 Å². The third-order valence-corrected chi connectivity index (χ3v) is 2.50. The third-order valence-electron chi connectivity index (χ3n) is 2.50. The Balaban J connectivity index is 2.58. The van der Waals surface area contributed by atoms with E-state index < -0.39 is 17.7 Å². The van der Waals surface area contributed by atoms with Gasteiger partial charge in [0, 0.05) is 5.56 Å². The van der Waals surface area contributed by atoms with Crippen molar-refractivity contribution in [3.8, 4) is 0 Å². The summed E-state index contributed by atoms with van der Waals surface area (Å²) in [4.78, 5) is 34.3. The second-order valence-electron chi connectivity index (χ2n) is 3.78. The lowest BCUT2D eigenvalue weighted by Crippen LogP contribution is -2.16. The van der Waals surface area contributed by atoms with Gasteiger partial charge in [-0.15, -0.1) is 0 Å². The van der Waals surface area contributed by atoms with Crippen LogP contribution in [-0.4, -0.2) is 24.8 Å². The number of methoxy groups -OCH3 is 1. The predicted molar refractivity (Wildman–Crippen MR) is 61.2 cm³/mol. The fourth-order valence-corrected chi connectivity index (χ4v) is 1.67. The van der Waals surface area contributed by atoms with E-state index in [0.29, 0.717) is 5.56 Å². The summed E-state index contributed by atoms with van der Waals surface area (Å²) in [6.45, 7) is 1.85. The monoisotopic (exact) mass is 246 g/mol. The van der Waals surface area contributed by atoms with Gasteiger partial charge in [-0.2, -0.15) is 0 Å². The smallest absolute Gasteiger partial charge is 0.385 e. The molecule has 0 amide bonds. The number of ether oxygens (including phenoxy) is 2. The molecule has 0 unspecified atom stereocenters. The quantitative estimate of drug-likeness (QED) is 0.442. The number of rotatable bonds is 2. The number of cyclic esters (lactones) is 1. The van der Waals surface area contributed by atoms with Gasteiger partial charge in [-0.1, -0.05) is 23.8 Å². The molecular weight excluding hydrogens is 236 g/mol. The molecule has 1 aromatic rings. The van der Waals surface area contributed by atoms with Gasteiger partial charge < -0.3 is 9.47 Å². The highest BCUT2D eigenvalue weighted by Gasteiger charge is 2.39. The summed E-state index contributed by atoms with van der Waals surface area (Å²) >= 11 is 0. The Hall–Kier alpha value is -2.43. The molecule has 1 aliphatic heterocycles. The number of Topliss-reactive ketones (excluding diaryl/α,β-unsaturated/α-hetero) is 1. The van der Waals surface area contributed by atoms with Gasteiger partial charge in [0.15, 0.2) is 11.3 Å². The van der Waals surface area contributed by atoms with Crippen LogP contribution in [0.3, 0.4) is 0 Å². The highest BCUT2D eigenvalue weighted by molar-refractivity contribution is 6.51. The van der Waals surface area contributed by atoms with E-state index in [2.05, 4.69) is 4.74 Å². The Bertz CT molecular complexity index is 583. The van der Waals surface area contributed by atoms with Gasteiger partial charge in [0.25, 0.3) is 5.78 Å². The van der Waals surface area contributed by atoms with Crippen LogP contribution in [-0.2, 0) is 23.9 Å². The molecular formula is C13H10O5. The van der Waals surface area contributed by atoms with Crippen molar-refractivity contribution in [3.05, 3.63) is 41.0 Å². The van der Waals surface area contributed by atoms with Crippen molar-refractivity contribution in [2.75, 3.05) is 7.11 Å². The van der Waals surface area contributed by atoms with Gasteiger partial charge in [-0.3, -0.25) is 4.79 Å². The van der Waals surface area contributed by atoms with Crippen LogP contribution in [0.25, 0.3) is 5.76 Å². The first-order valence-corrected chi connectivity index (χ1v) is 5.20. The van der Waals surface area contributed by atoms with Crippen molar-refractivity contribution in [2.24, 2.45) is 0 Å². The van der Waals surface area contributed by atoms with Gasteiger partial charge in [0.05, 0.1) is 7.11 Å². The van der Waals surface area contributed by atoms with E-state index in [4.69, 9.17) is 4.74 Å². The molecule has 0 saturated heterocycles. The SMILES string of the molecule is COC(=O)C1=C(c2cccc(C)c2)OC(=O)C1=O. The predicted octanol–water partition coefficient (Wildman–Crippen LogP) is 1.01. The Labute approximate surface area is 103 Å². The van der Waals surface area contributed by atoms with Gasteiger partial charge in [-0.05, 0) is 13.0 Å². The number of benzene rings is 1. The summed E-state index contributed by atoms with van der Waals surface area (Å²) < 4.78 is 9.33. The second kappa shape index (κ2) is 4.44. The Morgan fingerprint density at radius 3 is 2.61 bits per heavy atom. The van der Waals surface area contributed by atoms with Crippen molar-refractivity contribution < 1.29 is 23.9 Å². The molecule has 5 nitrogen and oxygen atoms in total. The van der Waals surface area contributed by atoms with Crippen molar-refractivity contribution in [3.63, 3.8) is 0 Å². The minimum atomic E-state index is -1.06. The van der Waals surface area contributed by atoms with Crippen molar-refractivity contribution in [1.82, 2.24) is 0 Å². The fraction of sp³-hybridized carbons (Fsp3) is 0.154. The molecule has 0 fully saturated rings. The number of carbonyl (C=O) groups is 3. The van der Waals surface area contributed by atoms with Crippen LogP contribution in [0.2, 0.25) is 0 Å². The van der Waals surface area contributed by atoms with E-state index in [0.717, 1.165) is 12.7 Å². The average molecular weight is 246 g/mol. The molecule has 0 aromatic heterocycles. The van der Waals surface area contributed by atoms with Gasteiger partial charge >= 0.3 is 11.9 Å². The summed E-state index contributed by atoms with van der Waals surface area (Å²) in [5, 5.41) is 0. The summed E-state index contributed by atoms with van der Waals surface area (Å²) in [5.74, 6) is -2.95. The molecule has 0 bridgehead atoms. The van der Waals surface area contributed by atoms with E-state index in [9.17, 15) is 14.4 Å². The first-order valence-electron chi connectivity index (χ1n) is 5.20. The van der Waals surface area contributed by atoms with Crippen molar-refractivity contribution in [1.29, 1.82) is 0 Å². The first kappa shape index (κ1) is 12.0. The number of ketones is 1. The highest BCUT2D eigenvalue weighted by atomic mass is 16.6. The second-order valence-corrected chi connectivity index (χ2v) is 3.78. The zero-order valence-electron chi connectivity index (χ0n) is 9.85. The van der Waals surface area contributed by atoms with Crippen molar-refractivity contribution in [2.45, 2.75) is 6.92 Å². The molecule has 0 spiro atoms. The van der Waals surface area contributed by atoms with E-state index in [-0.39, 0.29) is 11.3 Å². The van der Waals surface area contributed by atoms with Crippen LogP contribution in [0.15, 0.2) is 29.8 Å². The summed E-state index contributed by atoms with van der Waals surface area (Å²) in [6.07, 6.45) is 0. The summed E-state index contributed by atoms with van der Waals surface area (Å²) in [7, 11) is 1.14. The number of carbonyl (C=O) groups excluding carboxylic acids is 3. The standard InChI is InChI=1S/C13H10O5/c1-7-4-3-5-8(6-7)11-9(12(15)17-2)10(14)13(16)18-11/h3-6H,1-2H3.